The van der Waals surface area contributed by atoms with Gasteiger partial charge in [0.15, 0.2) is 0 Å². The van der Waals surface area contributed by atoms with E-state index in [2.05, 4.69) is 22.8 Å². The summed E-state index contributed by atoms with van der Waals surface area (Å²) in [5.74, 6) is 0. The third kappa shape index (κ3) is 10.0. The topological polar surface area (TPSA) is 33.2 Å². The van der Waals surface area contributed by atoms with Crippen LogP contribution < -0.4 is 35.4 Å². The molecule has 0 heterocycles. The van der Waals surface area contributed by atoms with E-state index in [1.165, 1.54) is 49.9 Å². The van der Waals surface area contributed by atoms with E-state index in [0.29, 0.717) is 0 Å². The van der Waals surface area contributed by atoms with E-state index in [0.717, 1.165) is 23.1 Å². The summed E-state index contributed by atoms with van der Waals surface area (Å²) in [4.78, 5) is 0. The first-order valence-corrected chi connectivity index (χ1v) is 9.63. The normalized spacial score (nSPS) is 10.1. The van der Waals surface area contributed by atoms with Crippen LogP contribution in [0.1, 0.15) is 36.8 Å². The molecule has 0 aliphatic carbocycles. The van der Waals surface area contributed by atoms with Crippen molar-refractivity contribution in [2.24, 2.45) is 0 Å². The van der Waals surface area contributed by atoms with Gasteiger partial charge < -0.3 is 35.4 Å². The molecule has 26 heavy (non-hydrogen) atoms. The maximum absolute atomic E-state index is 6.16. The summed E-state index contributed by atoms with van der Waals surface area (Å²) in [7, 11) is 0. The Morgan fingerprint density at radius 1 is 0.577 bits per heavy atom. The monoisotopic (exact) mass is 436 g/mol. The van der Waals surface area contributed by atoms with Gasteiger partial charge in [-0.25, -0.2) is 0 Å². The molecule has 2 aromatic rings. The lowest BCUT2D eigenvalue weighted by molar-refractivity contribution is -0.672. The molecule has 0 saturated carbocycles. The lowest BCUT2D eigenvalue weighted by Gasteiger charge is -2.05. The first kappa shape index (κ1) is 25.5. The molecule has 6 heteroatoms. The van der Waals surface area contributed by atoms with Crippen LogP contribution in [0.3, 0.4) is 0 Å². The molecule has 0 atom stereocenters. The Bertz CT molecular complexity index is 554. The number of quaternary nitrogens is 2. The highest BCUT2D eigenvalue weighted by atomic mass is 35.5. The molecular weight excluding hydrogens is 410 g/mol. The smallest absolute Gasteiger partial charge is 0.103 e. The standard InChI is InChI=1S/C20H26Cl2N2.2ClH/c21-19-11-5-3-9-17(19)15-23-13-7-1-2-8-14-24-16-18-10-4-6-12-20(18)22;;/h3-6,9-12,23-24H,1-2,7-8,13-16H2;2*1H. The molecule has 0 bridgehead atoms. The minimum atomic E-state index is 0. The highest BCUT2D eigenvalue weighted by Crippen LogP contribution is 2.13. The van der Waals surface area contributed by atoms with Crippen LogP contribution in [0.15, 0.2) is 48.5 Å². The molecule has 146 valence electrons. The van der Waals surface area contributed by atoms with Crippen molar-refractivity contribution in [3.05, 3.63) is 69.7 Å². The molecule has 0 radical (unpaired) electrons. The van der Waals surface area contributed by atoms with Gasteiger partial charge in [0.1, 0.15) is 13.1 Å². The molecule has 0 fully saturated rings. The van der Waals surface area contributed by atoms with Crippen molar-refractivity contribution in [1.82, 2.24) is 0 Å². The summed E-state index contributed by atoms with van der Waals surface area (Å²) >= 11 is 12.3. The number of hydrogen-bond donors (Lipinski definition) is 2. The average Bonchev–Trinajstić information content (AvgIpc) is 2.59. The Balaban J connectivity index is 0.00000312. The molecule has 0 aliphatic heterocycles. The van der Waals surface area contributed by atoms with E-state index >= 15 is 0 Å². The number of unbranched alkanes of at least 4 members (excludes halogenated alkanes) is 3. The third-order valence-corrected chi connectivity index (χ3v) is 4.95. The summed E-state index contributed by atoms with van der Waals surface area (Å²) in [6.45, 7) is 4.31. The number of rotatable bonds is 11. The van der Waals surface area contributed by atoms with Gasteiger partial charge in [-0.3, -0.25) is 0 Å². The Morgan fingerprint density at radius 2 is 0.962 bits per heavy atom. The van der Waals surface area contributed by atoms with Gasteiger partial charge in [-0.15, -0.1) is 0 Å². The molecular formula is C20H28Cl4N2. The SMILES string of the molecule is Clc1ccccc1C[NH2+]CCCCCC[NH2+]Cc1ccccc1Cl.[Cl-].[Cl-]. The van der Waals surface area contributed by atoms with Crippen molar-refractivity contribution in [2.45, 2.75) is 38.8 Å². The van der Waals surface area contributed by atoms with Crippen LogP contribution in [0, 0.1) is 0 Å². The number of nitrogens with two attached hydrogens (primary N) is 2. The van der Waals surface area contributed by atoms with Crippen molar-refractivity contribution < 1.29 is 35.4 Å². The van der Waals surface area contributed by atoms with E-state index in [1.54, 1.807) is 0 Å². The molecule has 0 saturated heterocycles. The van der Waals surface area contributed by atoms with Crippen molar-refractivity contribution in [2.75, 3.05) is 13.1 Å². The van der Waals surface area contributed by atoms with Gasteiger partial charge in [-0.05, 0) is 37.8 Å². The largest absolute Gasteiger partial charge is 1.00 e. The lowest BCUT2D eigenvalue weighted by Crippen LogP contribution is -3.00. The zero-order valence-corrected chi connectivity index (χ0v) is 18.0. The van der Waals surface area contributed by atoms with E-state index in [-0.39, 0.29) is 24.8 Å². The van der Waals surface area contributed by atoms with Crippen molar-refractivity contribution in [3.63, 3.8) is 0 Å². The van der Waals surface area contributed by atoms with Gasteiger partial charge in [0.05, 0.1) is 13.1 Å². The molecule has 4 N–H and O–H groups in total. The van der Waals surface area contributed by atoms with Crippen molar-refractivity contribution >= 4 is 23.2 Å². The lowest BCUT2D eigenvalue weighted by atomic mass is 10.1. The van der Waals surface area contributed by atoms with Gasteiger partial charge in [0.2, 0.25) is 0 Å². The van der Waals surface area contributed by atoms with Gasteiger partial charge in [-0.2, -0.15) is 0 Å². The fourth-order valence-corrected chi connectivity index (χ4v) is 3.20. The van der Waals surface area contributed by atoms with E-state index in [1.807, 2.05) is 36.4 Å². The van der Waals surface area contributed by atoms with E-state index < -0.39 is 0 Å². The zero-order chi connectivity index (χ0) is 17.0. The van der Waals surface area contributed by atoms with E-state index in [9.17, 15) is 0 Å². The van der Waals surface area contributed by atoms with E-state index in [4.69, 9.17) is 23.2 Å². The predicted molar refractivity (Wildman–Crippen MR) is 102 cm³/mol. The Kier molecular flexibility index (Phi) is 15.3. The van der Waals surface area contributed by atoms with Crippen LogP contribution in [0.5, 0.6) is 0 Å². The predicted octanol–water partition coefficient (Wildman–Crippen LogP) is -2.61. The zero-order valence-electron chi connectivity index (χ0n) is 14.9. The molecule has 0 aromatic heterocycles. The van der Waals surface area contributed by atoms with Crippen molar-refractivity contribution in [1.29, 1.82) is 0 Å². The van der Waals surface area contributed by atoms with Crippen molar-refractivity contribution in [3.8, 4) is 0 Å². The van der Waals surface area contributed by atoms with Gasteiger partial charge >= 0.3 is 0 Å². The molecule has 2 rings (SSSR count). The van der Waals surface area contributed by atoms with Crippen LogP contribution in [0.4, 0.5) is 0 Å². The van der Waals surface area contributed by atoms with Gasteiger partial charge in [-0.1, -0.05) is 59.6 Å². The fraction of sp³-hybridized carbons (Fsp3) is 0.400. The van der Waals surface area contributed by atoms with Crippen LogP contribution >= 0.6 is 23.2 Å². The second-order valence-corrected chi connectivity index (χ2v) is 6.97. The average molecular weight is 438 g/mol. The highest BCUT2D eigenvalue weighted by Gasteiger charge is 2.02. The second kappa shape index (κ2) is 15.6. The molecule has 2 aromatic carbocycles. The van der Waals surface area contributed by atoms with Gasteiger partial charge in [0.25, 0.3) is 0 Å². The fourth-order valence-electron chi connectivity index (χ4n) is 2.77. The Hall–Kier alpha value is -0.480. The quantitative estimate of drug-likeness (QED) is 0.361. The first-order chi connectivity index (χ1) is 11.8. The molecule has 0 amide bonds. The van der Waals surface area contributed by atoms with Gasteiger partial charge in [0, 0.05) is 21.2 Å². The minimum absolute atomic E-state index is 0. The summed E-state index contributed by atoms with van der Waals surface area (Å²) in [6.07, 6.45) is 5.15. The molecule has 0 unspecified atom stereocenters. The maximum atomic E-state index is 6.16. The summed E-state index contributed by atoms with van der Waals surface area (Å²) in [6, 6.07) is 16.2. The third-order valence-electron chi connectivity index (χ3n) is 4.21. The van der Waals surface area contributed by atoms with Crippen LogP contribution in [-0.2, 0) is 13.1 Å². The molecule has 0 aliphatic rings. The second-order valence-electron chi connectivity index (χ2n) is 6.16. The molecule has 2 nitrogen and oxygen atoms in total. The highest BCUT2D eigenvalue weighted by molar-refractivity contribution is 6.31. The maximum Gasteiger partial charge on any atom is 0.103 e. The van der Waals surface area contributed by atoms with Crippen LogP contribution in [0.25, 0.3) is 0 Å². The summed E-state index contributed by atoms with van der Waals surface area (Å²) < 4.78 is 0. The number of benzene rings is 2. The Morgan fingerprint density at radius 3 is 1.35 bits per heavy atom. The Labute approximate surface area is 179 Å². The van der Waals surface area contributed by atoms with Crippen LogP contribution in [0.2, 0.25) is 10.0 Å². The molecule has 0 spiro atoms. The van der Waals surface area contributed by atoms with Crippen LogP contribution in [-0.4, -0.2) is 13.1 Å². The first-order valence-electron chi connectivity index (χ1n) is 8.87. The summed E-state index contributed by atoms with van der Waals surface area (Å²) in [5.41, 5.74) is 2.46. The minimum Gasteiger partial charge on any atom is -1.00 e. The number of hydrogen-bond acceptors (Lipinski definition) is 0. The number of halogens is 4. The summed E-state index contributed by atoms with van der Waals surface area (Å²) in [5, 5.41) is 6.46.